The van der Waals surface area contributed by atoms with Crippen molar-refractivity contribution >= 4 is 23.4 Å². The molecule has 1 aliphatic carbocycles. The van der Waals surface area contributed by atoms with Crippen molar-refractivity contribution in [3.63, 3.8) is 0 Å². The lowest BCUT2D eigenvalue weighted by molar-refractivity contribution is -0.145. The molecule has 0 saturated heterocycles. The van der Waals surface area contributed by atoms with Crippen LogP contribution in [0.3, 0.4) is 0 Å². The molecule has 3 rings (SSSR count). The Kier molecular flexibility index (Phi) is 9.73. The molecule has 0 amide bonds. The summed E-state index contributed by atoms with van der Waals surface area (Å²) in [4.78, 5) is 27.5. The third kappa shape index (κ3) is 6.37. The molecule has 0 aromatic heterocycles. The fourth-order valence-electron chi connectivity index (χ4n) is 5.25. The molecule has 0 heterocycles. The van der Waals surface area contributed by atoms with Crippen LogP contribution in [0.4, 0.5) is 0 Å². The Bertz CT molecular complexity index is 1160. The van der Waals surface area contributed by atoms with E-state index in [-0.39, 0.29) is 23.8 Å². The highest BCUT2D eigenvalue weighted by atomic mass is 35.5. The van der Waals surface area contributed by atoms with Crippen molar-refractivity contribution in [2.75, 3.05) is 0 Å². The van der Waals surface area contributed by atoms with Gasteiger partial charge < -0.3 is 4.74 Å². The Labute approximate surface area is 221 Å². The zero-order chi connectivity index (χ0) is 26.4. The largest absolute Gasteiger partial charge is 0.459 e. The van der Waals surface area contributed by atoms with E-state index in [2.05, 4.69) is 19.1 Å². The maximum atomic E-state index is 13.8. The molecule has 3 atom stereocenters. The molecule has 192 valence electrons. The molecule has 2 aromatic rings. The fraction of sp³-hybridized carbons (Fsp3) is 0.438. The lowest BCUT2D eigenvalue weighted by atomic mass is 9.71. The van der Waals surface area contributed by atoms with Crippen molar-refractivity contribution in [1.82, 2.24) is 0 Å². The minimum atomic E-state index is -0.510. The van der Waals surface area contributed by atoms with Gasteiger partial charge in [-0.3, -0.25) is 4.79 Å². The highest BCUT2D eigenvalue weighted by Gasteiger charge is 2.37. The van der Waals surface area contributed by atoms with Crippen molar-refractivity contribution < 1.29 is 14.3 Å². The maximum Gasteiger partial charge on any atom is 0.335 e. The van der Waals surface area contributed by atoms with E-state index < -0.39 is 5.92 Å². The highest BCUT2D eigenvalue weighted by molar-refractivity contribution is 6.31. The third-order valence-corrected chi connectivity index (χ3v) is 7.63. The zero-order valence-corrected chi connectivity index (χ0v) is 23.2. The summed E-state index contributed by atoms with van der Waals surface area (Å²) in [5, 5.41) is 0.625. The molecule has 36 heavy (non-hydrogen) atoms. The van der Waals surface area contributed by atoms with Gasteiger partial charge in [0.1, 0.15) is 6.10 Å². The van der Waals surface area contributed by atoms with Gasteiger partial charge in [-0.15, -0.1) is 0 Å². The molecule has 3 unspecified atom stereocenters. The molecule has 2 aromatic carbocycles. The Morgan fingerprint density at radius 2 is 1.75 bits per heavy atom. The normalized spacial score (nSPS) is 17.5. The summed E-state index contributed by atoms with van der Waals surface area (Å²) in [6, 6.07) is 16.1. The van der Waals surface area contributed by atoms with Gasteiger partial charge in [-0.2, -0.15) is 0 Å². The molecule has 0 aliphatic heterocycles. The van der Waals surface area contributed by atoms with Crippen LogP contribution in [0.25, 0.3) is 0 Å². The van der Waals surface area contributed by atoms with E-state index in [1.54, 1.807) is 0 Å². The molecule has 0 spiro atoms. The van der Waals surface area contributed by atoms with Crippen LogP contribution in [0.2, 0.25) is 5.02 Å². The lowest BCUT2D eigenvalue weighted by Crippen LogP contribution is -2.28. The second-order valence-electron chi connectivity index (χ2n) is 10.2. The molecular formula is C32H39ClO3. The first-order valence-electron chi connectivity index (χ1n) is 13.1. The molecule has 1 aliphatic rings. The maximum absolute atomic E-state index is 13.8. The third-order valence-electron chi connectivity index (χ3n) is 7.22. The van der Waals surface area contributed by atoms with E-state index >= 15 is 0 Å². The summed E-state index contributed by atoms with van der Waals surface area (Å²) in [6.45, 7) is 12.0. The molecular weight excluding hydrogens is 468 g/mol. The van der Waals surface area contributed by atoms with E-state index in [0.29, 0.717) is 22.6 Å². The number of ketones is 1. The lowest BCUT2D eigenvalue weighted by Gasteiger charge is -2.32. The number of Topliss-reactive ketones (excluding diaryl/α,β-unsaturated/α-hetero) is 1. The van der Waals surface area contributed by atoms with E-state index in [1.807, 2.05) is 71.0 Å². The van der Waals surface area contributed by atoms with Crippen LogP contribution in [-0.4, -0.2) is 17.9 Å². The Hall–Kier alpha value is -2.65. The highest BCUT2D eigenvalue weighted by Crippen LogP contribution is 2.44. The first-order chi connectivity index (χ1) is 17.2. The van der Waals surface area contributed by atoms with Gasteiger partial charge >= 0.3 is 5.97 Å². The molecule has 0 fully saturated rings. The van der Waals surface area contributed by atoms with Gasteiger partial charge in [0.25, 0.3) is 0 Å². The Morgan fingerprint density at radius 3 is 2.31 bits per heavy atom. The van der Waals surface area contributed by atoms with Gasteiger partial charge in [-0.1, -0.05) is 85.5 Å². The monoisotopic (exact) mass is 506 g/mol. The van der Waals surface area contributed by atoms with Crippen LogP contribution in [0.5, 0.6) is 0 Å². The fourth-order valence-corrected chi connectivity index (χ4v) is 5.44. The molecule has 0 radical (unpaired) electrons. The van der Waals surface area contributed by atoms with Gasteiger partial charge in [0.05, 0.1) is 0 Å². The number of halogens is 1. The first-order valence-corrected chi connectivity index (χ1v) is 13.5. The predicted molar refractivity (Wildman–Crippen MR) is 149 cm³/mol. The van der Waals surface area contributed by atoms with Crippen molar-refractivity contribution in [3.05, 3.63) is 92.5 Å². The van der Waals surface area contributed by atoms with Crippen molar-refractivity contribution in [2.24, 2.45) is 0 Å². The molecule has 0 bridgehead atoms. The van der Waals surface area contributed by atoms with Crippen LogP contribution in [0.1, 0.15) is 95.2 Å². The number of ether oxygens (including phenoxy) is 1. The van der Waals surface area contributed by atoms with E-state index in [0.717, 1.165) is 48.0 Å². The van der Waals surface area contributed by atoms with Gasteiger partial charge in [0, 0.05) is 28.5 Å². The Balaban J connectivity index is 2.13. The van der Waals surface area contributed by atoms with Crippen molar-refractivity contribution in [2.45, 2.75) is 91.6 Å². The predicted octanol–water partition coefficient (Wildman–Crippen LogP) is 8.65. The smallest absolute Gasteiger partial charge is 0.335 e. The van der Waals surface area contributed by atoms with Crippen LogP contribution in [0.15, 0.2) is 70.8 Å². The quantitative estimate of drug-likeness (QED) is 0.252. The summed E-state index contributed by atoms with van der Waals surface area (Å²) in [5.41, 5.74) is 6.11. The van der Waals surface area contributed by atoms with E-state index in [4.69, 9.17) is 16.3 Å². The van der Waals surface area contributed by atoms with Gasteiger partial charge in [0.15, 0.2) is 5.78 Å². The standard InChI is InChI=1S/C32H39ClO3/c1-7-12-26(8-2)36-32(35)29(20(3)4)31(24-16-15-21(5)27(33)18-24)30-22(6)17-25(19-28(30)34)23-13-10-9-11-14-23/h9-11,13-16,18,25-26,31H,7-8,12,17,19H2,1-6H3. The van der Waals surface area contributed by atoms with Crippen molar-refractivity contribution in [1.29, 1.82) is 0 Å². The average molecular weight is 507 g/mol. The van der Waals surface area contributed by atoms with Crippen molar-refractivity contribution in [3.8, 4) is 0 Å². The SMILES string of the molecule is CCCC(CC)OC(=O)C(=C(C)C)C(C1=C(C)CC(c2ccccc2)CC1=O)c1ccc(C)c(Cl)c1. The van der Waals surface area contributed by atoms with Crippen LogP contribution in [-0.2, 0) is 14.3 Å². The van der Waals surface area contributed by atoms with Crippen LogP contribution in [0, 0.1) is 6.92 Å². The Morgan fingerprint density at radius 1 is 1.06 bits per heavy atom. The number of hydrogen-bond acceptors (Lipinski definition) is 3. The number of hydrogen-bond donors (Lipinski definition) is 0. The number of carbonyl (C=O) groups excluding carboxylic acids is 2. The minimum absolute atomic E-state index is 0.0847. The summed E-state index contributed by atoms with van der Waals surface area (Å²) in [5.74, 6) is -0.624. The average Bonchev–Trinajstić information content (AvgIpc) is 2.84. The topological polar surface area (TPSA) is 43.4 Å². The molecule has 0 N–H and O–H groups in total. The molecule has 3 nitrogen and oxygen atoms in total. The van der Waals surface area contributed by atoms with E-state index in [1.165, 1.54) is 5.56 Å². The first kappa shape index (κ1) is 27.9. The number of benzene rings is 2. The number of allylic oxidation sites excluding steroid dienone is 3. The number of esters is 1. The summed E-state index contributed by atoms with van der Waals surface area (Å²) < 4.78 is 6.01. The second kappa shape index (κ2) is 12.5. The van der Waals surface area contributed by atoms with Crippen LogP contribution < -0.4 is 0 Å². The molecule has 0 saturated carbocycles. The van der Waals surface area contributed by atoms with Crippen LogP contribution >= 0.6 is 11.6 Å². The van der Waals surface area contributed by atoms with Gasteiger partial charge in [-0.05, 0) is 75.6 Å². The van der Waals surface area contributed by atoms with Gasteiger partial charge in [0.2, 0.25) is 0 Å². The zero-order valence-electron chi connectivity index (χ0n) is 22.5. The minimum Gasteiger partial charge on any atom is -0.459 e. The number of rotatable bonds is 9. The summed E-state index contributed by atoms with van der Waals surface area (Å²) in [7, 11) is 0. The summed E-state index contributed by atoms with van der Waals surface area (Å²) >= 11 is 6.55. The number of aryl methyl sites for hydroxylation is 1. The summed E-state index contributed by atoms with van der Waals surface area (Å²) in [6.07, 6.45) is 3.58. The van der Waals surface area contributed by atoms with Gasteiger partial charge in [-0.25, -0.2) is 4.79 Å². The van der Waals surface area contributed by atoms with E-state index in [9.17, 15) is 9.59 Å². The molecule has 4 heteroatoms. The number of carbonyl (C=O) groups is 2. The second-order valence-corrected chi connectivity index (χ2v) is 10.6.